The quantitative estimate of drug-likeness (QED) is 0.861. The van der Waals surface area contributed by atoms with Crippen LogP contribution in [0.15, 0.2) is 16.7 Å². The number of nitrogens with one attached hydrogen (secondary N) is 2. The van der Waals surface area contributed by atoms with Gasteiger partial charge in [-0.25, -0.2) is 0 Å². The first kappa shape index (κ1) is 11.7. The summed E-state index contributed by atoms with van der Waals surface area (Å²) in [5.41, 5.74) is 0.603. The Kier molecular flexibility index (Phi) is 3.38. The highest BCUT2D eigenvalue weighted by atomic mass is 79.9. The number of halogens is 1. The molecular formula is C12H17BrN2O. The number of carbonyl (C=O) groups is 1. The fourth-order valence-electron chi connectivity index (χ4n) is 2.30. The van der Waals surface area contributed by atoms with Crippen molar-refractivity contribution >= 4 is 21.8 Å². The molecule has 0 spiro atoms. The van der Waals surface area contributed by atoms with Gasteiger partial charge in [-0.2, -0.15) is 0 Å². The third kappa shape index (κ3) is 2.67. The molecule has 0 radical (unpaired) electrons. The fourth-order valence-corrected chi connectivity index (χ4v) is 2.64. The van der Waals surface area contributed by atoms with Crippen molar-refractivity contribution in [1.29, 1.82) is 0 Å². The van der Waals surface area contributed by atoms with Crippen LogP contribution in [0.4, 0.5) is 0 Å². The highest BCUT2D eigenvalue weighted by Gasteiger charge is 2.28. The fraction of sp³-hybridized carbons (Fsp3) is 0.583. The number of carbonyl (C=O) groups excluding carboxylic acids is 1. The van der Waals surface area contributed by atoms with Crippen molar-refractivity contribution in [1.82, 2.24) is 10.3 Å². The molecule has 0 bridgehead atoms. The summed E-state index contributed by atoms with van der Waals surface area (Å²) in [5, 5.41) is 3.13. The highest BCUT2D eigenvalue weighted by molar-refractivity contribution is 9.10. The lowest BCUT2D eigenvalue weighted by Gasteiger charge is -2.34. The van der Waals surface area contributed by atoms with Gasteiger partial charge in [0.05, 0.1) is 0 Å². The van der Waals surface area contributed by atoms with Gasteiger partial charge in [0, 0.05) is 16.2 Å². The molecule has 2 N–H and O–H groups in total. The van der Waals surface area contributed by atoms with Crippen molar-refractivity contribution in [3.8, 4) is 0 Å². The second kappa shape index (κ2) is 4.62. The molecule has 16 heavy (non-hydrogen) atoms. The molecule has 0 unspecified atom stereocenters. The Bertz CT molecular complexity index is 380. The summed E-state index contributed by atoms with van der Waals surface area (Å²) in [5.74, 6) is -0.00454. The van der Waals surface area contributed by atoms with Crippen LogP contribution in [0.3, 0.4) is 0 Å². The van der Waals surface area contributed by atoms with Crippen LogP contribution in [0, 0.1) is 0 Å². The van der Waals surface area contributed by atoms with Gasteiger partial charge in [-0.05, 0) is 41.8 Å². The van der Waals surface area contributed by atoms with Gasteiger partial charge in [0.2, 0.25) is 0 Å². The Labute approximate surface area is 104 Å². The maximum atomic E-state index is 12.0. The zero-order chi connectivity index (χ0) is 11.6. The number of aromatic amines is 1. The van der Waals surface area contributed by atoms with Gasteiger partial charge in [-0.15, -0.1) is 0 Å². The van der Waals surface area contributed by atoms with Crippen molar-refractivity contribution in [3.05, 3.63) is 22.4 Å². The largest absolute Gasteiger partial charge is 0.356 e. The van der Waals surface area contributed by atoms with Crippen molar-refractivity contribution in [3.63, 3.8) is 0 Å². The molecule has 88 valence electrons. The van der Waals surface area contributed by atoms with Crippen molar-refractivity contribution in [2.75, 3.05) is 0 Å². The minimum Gasteiger partial charge on any atom is -0.356 e. The van der Waals surface area contributed by atoms with E-state index < -0.39 is 0 Å². The Morgan fingerprint density at radius 2 is 2.12 bits per heavy atom. The standard InChI is InChI=1S/C12H17BrN2O/c1-12(5-3-2-4-6-12)15-11(16)10-7-9(13)8-14-10/h7-8,14H,2-6H2,1H3,(H,15,16). The SMILES string of the molecule is CC1(NC(=O)c2cc(Br)c[nH]2)CCCCC1. The van der Waals surface area contributed by atoms with Gasteiger partial charge in [0.1, 0.15) is 5.69 Å². The van der Waals surface area contributed by atoms with E-state index in [1.807, 2.05) is 6.07 Å². The molecule has 3 nitrogen and oxygen atoms in total. The van der Waals surface area contributed by atoms with Crippen LogP contribution in [0.5, 0.6) is 0 Å². The third-order valence-corrected chi connectivity index (χ3v) is 3.72. The third-order valence-electron chi connectivity index (χ3n) is 3.26. The molecule has 1 aromatic rings. The first-order chi connectivity index (χ1) is 7.59. The number of amides is 1. The first-order valence-corrected chi connectivity index (χ1v) is 6.55. The monoisotopic (exact) mass is 284 g/mol. The lowest BCUT2D eigenvalue weighted by atomic mass is 9.83. The van der Waals surface area contributed by atoms with E-state index in [1.165, 1.54) is 19.3 Å². The molecule has 4 heteroatoms. The van der Waals surface area contributed by atoms with E-state index in [1.54, 1.807) is 6.20 Å². The predicted octanol–water partition coefficient (Wildman–Crippen LogP) is 3.23. The topological polar surface area (TPSA) is 44.9 Å². The number of rotatable bonds is 2. The Morgan fingerprint density at radius 1 is 1.44 bits per heavy atom. The summed E-state index contributed by atoms with van der Waals surface area (Å²) in [6, 6.07) is 1.81. The van der Waals surface area contributed by atoms with Crippen LogP contribution in [-0.4, -0.2) is 16.4 Å². The van der Waals surface area contributed by atoms with Gasteiger partial charge in [0.25, 0.3) is 5.91 Å². The van der Waals surface area contributed by atoms with Crippen molar-refractivity contribution in [2.45, 2.75) is 44.6 Å². The highest BCUT2D eigenvalue weighted by Crippen LogP contribution is 2.27. The van der Waals surface area contributed by atoms with E-state index in [9.17, 15) is 4.79 Å². The van der Waals surface area contributed by atoms with E-state index in [2.05, 4.69) is 33.2 Å². The molecule has 2 rings (SSSR count). The molecule has 1 heterocycles. The van der Waals surface area contributed by atoms with E-state index in [0.717, 1.165) is 17.3 Å². The second-order valence-corrected chi connectivity index (χ2v) is 5.72. The molecular weight excluding hydrogens is 268 g/mol. The molecule has 1 amide bonds. The van der Waals surface area contributed by atoms with Crippen molar-refractivity contribution in [2.24, 2.45) is 0 Å². The van der Waals surface area contributed by atoms with E-state index >= 15 is 0 Å². The van der Waals surface area contributed by atoms with Gasteiger partial charge < -0.3 is 10.3 Å². The van der Waals surface area contributed by atoms with Crippen molar-refractivity contribution < 1.29 is 4.79 Å². The molecule has 1 fully saturated rings. The molecule has 0 aliphatic heterocycles. The Balaban J connectivity index is 2.01. The summed E-state index contributed by atoms with van der Waals surface area (Å²) in [4.78, 5) is 14.9. The van der Waals surface area contributed by atoms with Gasteiger partial charge in [-0.3, -0.25) is 4.79 Å². The molecule has 1 saturated carbocycles. The molecule has 1 aromatic heterocycles. The summed E-state index contributed by atoms with van der Waals surface area (Å²) in [6.45, 7) is 2.14. The molecule has 0 aromatic carbocycles. The van der Waals surface area contributed by atoms with Crippen LogP contribution in [-0.2, 0) is 0 Å². The lowest BCUT2D eigenvalue weighted by molar-refractivity contribution is 0.0878. The van der Waals surface area contributed by atoms with Crippen LogP contribution in [0.1, 0.15) is 49.5 Å². The average Bonchev–Trinajstić information content (AvgIpc) is 2.65. The minimum atomic E-state index is -0.0209. The Hall–Kier alpha value is -0.770. The minimum absolute atomic E-state index is 0.00454. The van der Waals surface area contributed by atoms with E-state index in [-0.39, 0.29) is 11.4 Å². The van der Waals surface area contributed by atoms with Gasteiger partial charge in [-0.1, -0.05) is 19.3 Å². The summed E-state index contributed by atoms with van der Waals surface area (Å²) >= 11 is 3.33. The maximum Gasteiger partial charge on any atom is 0.268 e. The number of aromatic nitrogens is 1. The van der Waals surface area contributed by atoms with E-state index in [0.29, 0.717) is 5.69 Å². The molecule has 1 aliphatic rings. The zero-order valence-corrected chi connectivity index (χ0v) is 11.1. The summed E-state index contributed by atoms with van der Waals surface area (Å²) < 4.78 is 0.909. The van der Waals surface area contributed by atoms with Crippen LogP contribution in [0.25, 0.3) is 0 Å². The van der Waals surface area contributed by atoms with Crippen LogP contribution < -0.4 is 5.32 Å². The molecule has 1 aliphatic carbocycles. The number of hydrogen-bond acceptors (Lipinski definition) is 1. The molecule has 0 saturated heterocycles. The smallest absolute Gasteiger partial charge is 0.268 e. The number of hydrogen-bond donors (Lipinski definition) is 2. The van der Waals surface area contributed by atoms with Crippen LogP contribution in [0.2, 0.25) is 0 Å². The maximum absolute atomic E-state index is 12.0. The average molecular weight is 285 g/mol. The number of H-pyrrole nitrogens is 1. The predicted molar refractivity (Wildman–Crippen MR) is 67.4 cm³/mol. The van der Waals surface area contributed by atoms with Gasteiger partial charge >= 0.3 is 0 Å². The zero-order valence-electron chi connectivity index (χ0n) is 9.48. The first-order valence-electron chi connectivity index (χ1n) is 5.75. The summed E-state index contributed by atoms with van der Waals surface area (Å²) in [6.07, 6.45) is 7.66. The summed E-state index contributed by atoms with van der Waals surface area (Å²) in [7, 11) is 0. The lowest BCUT2D eigenvalue weighted by Crippen LogP contribution is -2.47. The Morgan fingerprint density at radius 3 is 2.69 bits per heavy atom. The second-order valence-electron chi connectivity index (χ2n) is 4.81. The van der Waals surface area contributed by atoms with E-state index in [4.69, 9.17) is 0 Å². The normalized spacial score (nSPS) is 19.4. The molecule has 0 atom stereocenters. The van der Waals surface area contributed by atoms with Crippen LogP contribution >= 0.6 is 15.9 Å². The van der Waals surface area contributed by atoms with Gasteiger partial charge in [0.15, 0.2) is 0 Å².